The zero-order valence-corrected chi connectivity index (χ0v) is 8.34. The lowest BCUT2D eigenvalue weighted by atomic mass is 9.91. The summed E-state index contributed by atoms with van der Waals surface area (Å²) in [5.74, 6) is 0. The van der Waals surface area contributed by atoms with Gasteiger partial charge in [0.05, 0.1) is 0 Å². The second kappa shape index (κ2) is 2.86. The van der Waals surface area contributed by atoms with Gasteiger partial charge in [0, 0.05) is 9.40 Å². The molecule has 0 aliphatic rings. The highest BCUT2D eigenvalue weighted by Gasteiger charge is 2.04. The van der Waals surface area contributed by atoms with Crippen molar-refractivity contribution in [1.29, 1.82) is 0 Å². The monoisotopic (exact) mass is 194 g/mol. The first-order valence-corrected chi connectivity index (χ1v) is 5.33. The largest absolute Gasteiger partial charge is 0.135 e. The summed E-state index contributed by atoms with van der Waals surface area (Å²) >= 11 is 1.80. The summed E-state index contributed by atoms with van der Waals surface area (Å²) < 4.78 is 2.58. The minimum atomic E-state index is 0.875. The van der Waals surface area contributed by atoms with Crippen molar-refractivity contribution in [3.63, 3.8) is 0 Å². The van der Waals surface area contributed by atoms with Gasteiger partial charge in [0.2, 0.25) is 0 Å². The first kappa shape index (κ1) is 8.07. The Kier molecular flexibility index (Phi) is 1.65. The van der Waals surface area contributed by atoms with Crippen LogP contribution in [-0.4, -0.2) is 7.85 Å². The molecule has 0 unspecified atom stereocenters. The molecule has 0 saturated heterocycles. The lowest BCUT2D eigenvalue weighted by Gasteiger charge is -1.95. The van der Waals surface area contributed by atoms with E-state index in [9.17, 15) is 0 Å². The van der Waals surface area contributed by atoms with Gasteiger partial charge < -0.3 is 0 Å². The van der Waals surface area contributed by atoms with Crippen molar-refractivity contribution in [3.05, 3.63) is 42.5 Å². The summed E-state index contributed by atoms with van der Waals surface area (Å²) in [6, 6.07) is 14.5. The maximum absolute atomic E-state index is 5.97. The van der Waals surface area contributed by atoms with Gasteiger partial charge in [0.15, 0.2) is 0 Å². The molecule has 1 heterocycles. The zero-order chi connectivity index (χ0) is 9.54. The van der Waals surface area contributed by atoms with Crippen LogP contribution >= 0.6 is 11.3 Å². The molecule has 0 atom stereocenters. The minimum absolute atomic E-state index is 0.875. The van der Waals surface area contributed by atoms with Crippen molar-refractivity contribution in [3.8, 4) is 0 Å². The first-order chi connectivity index (χ1) is 6.86. The average molecular weight is 194 g/mol. The summed E-state index contributed by atoms with van der Waals surface area (Å²) in [5, 5.41) is 2.47. The van der Waals surface area contributed by atoms with Gasteiger partial charge in [-0.25, -0.2) is 0 Å². The molecule has 0 aliphatic heterocycles. The molecule has 0 amide bonds. The van der Waals surface area contributed by atoms with Crippen molar-refractivity contribution in [2.24, 2.45) is 0 Å². The fourth-order valence-corrected chi connectivity index (χ4v) is 2.94. The Morgan fingerprint density at radius 3 is 2.57 bits per heavy atom. The maximum atomic E-state index is 5.97. The van der Waals surface area contributed by atoms with E-state index in [1.807, 2.05) is 12.1 Å². The van der Waals surface area contributed by atoms with Gasteiger partial charge in [-0.05, 0) is 22.9 Å². The fraction of sp³-hybridized carbons (Fsp3) is 0. The lowest BCUT2D eigenvalue weighted by Crippen LogP contribution is -2.00. The van der Waals surface area contributed by atoms with Crippen molar-refractivity contribution >= 4 is 44.8 Å². The molecular formula is C12H7BS. The van der Waals surface area contributed by atoms with Gasteiger partial charge in [0.1, 0.15) is 7.85 Å². The smallest absolute Gasteiger partial charge is 0.114 e. The second-order valence-electron chi connectivity index (χ2n) is 3.32. The Morgan fingerprint density at radius 2 is 1.64 bits per heavy atom. The second-order valence-corrected chi connectivity index (χ2v) is 4.40. The first-order valence-electron chi connectivity index (χ1n) is 4.52. The SMILES string of the molecule is [B]c1cccc2sc3ccccc3c12. The van der Waals surface area contributed by atoms with Crippen LogP contribution in [0.2, 0.25) is 0 Å². The van der Waals surface area contributed by atoms with E-state index in [0.717, 1.165) is 5.46 Å². The molecular weight excluding hydrogens is 187 g/mol. The Balaban J connectivity index is 2.65. The highest BCUT2D eigenvalue weighted by Crippen LogP contribution is 2.31. The van der Waals surface area contributed by atoms with Crippen LogP contribution in [0.15, 0.2) is 42.5 Å². The van der Waals surface area contributed by atoms with Crippen molar-refractivity contribution in [1.82, 2.24) is 0 Å². The molecule has 2 radical (unpaired) electrons. The van der Waals surface area contributed by atoms with E-state index in [2.05, 4.69) is 30.3 Å². The van der Waals surface area contributed by atoms with Gasteiger partial charge in [-0.1, -0.05) is 35.8 Å². The molecule has 0 bridgehead atoms. The normalized spacial score (nSPS) is 11.1. The van der Waals surface area contributed by atoms with Gasteiger partial charge in [-0.15, -0.1) is 11.3 Å². The molecule has 2 aromatic carbocycles. The van der Waals surface area contributed by atoms with Crippen LogP contribution in [0, 0.1) is 0 Å². The highest BCUT2D eigenvalue weighted by atomic mass is 32.1. The van der Waals surface area contributed by atoms with Crippen LogP contribution in [0.1, 0.15) is 0 Å². The van der Waals surface area contributed by atoms with Crippen molar-refractivity contribution < 1.29 is 0 Å². The number of thiophene rings is 1. The standard InChI is InChI=1S/C12H7BS/c13-9-5-3-7-11-12(9)8-4-1-2-6-10(8)14-11/h1-7H. The molecule has 3 rings (SSSR count). The molecule has 3 aromatic rings. The molecule has 2 heteroatoms. The Bertz CT molecular complexity index is 610. The summed E-state index contributed by atoms with van der Waals surface area (Å²) in [7, 11) is 5.97. The number of rotatable bonds is 0. The highest BCUT2D eigenvalue weighted by molar-refractivity contribution is 7.26. The van der Waals surface area contributed by atoms with E-state index < -0.39 is 0 Å². The van der Waals surface area contributed by atoms with Crippen molar-refractivity contribution in [2.45, 2.75) is 0 Å². The van der Waals surface area contributed by atoms with E-state index in [0.29, 0.717) is 0 Å². The van der Waals surface area contributed by atoms with E-state index >= 15 is 0 Å². The molecule has 0 saturated carbocycles. The number of benzene rings is 2. The van der Waals surface area contributed by atoms with Crippen molar-refractivity contribution in [2.75, 3.05) is 0 Å². The molecule has 0 N–H and O–H groups in total. The van der Waals surface area contributed by atoms with Crippen LogP contribution in [0.3, 0.4) is 0 Å². The Hall–Kier alpha value is -1.28. The lowest BCUT2D eigenvalue weighted by molar-refractivity contribution is 1.86. The number of hydrogen-bond acceptors (Lipinski definition) is 1. The van der Waals surface area contributed by atoms with Gasteiger partial charge in [-0.3, -0.25) is 0 Å². The molecule has 64 valence electrons. The molecule has 0 nitrogen and oxygen atoms in total. The fourth-order valence-electron chi connectivity index (χ4n) is 1.80. The van der Waals surface area contributed by atoms with Gasteiger partial charge >= 0.3 is 0 Å². The van der Waals surface area contributed by atoms with Crippen LogP contribution in [0.5, 0.6) is 0 Å². The van der Waals surface area contributed by atoms with Crippen LogP contribution in [0.4, 0.5) is 0 Å². The summed E-state index contributed by atoms with van der Waals surface area (Å²) in [5.41, 5.74) is 0.875. The summed E-state index contributed by atoms with van der Waals surface area (Å²) in [6.45, 7) is 0. The predicted octanol–water partition coefficient (Wildman–Crippen LogP) is 2.85. The molecule has 0 spiro atoms. The number of fused-ring (bicyclic) bond motifs is 3. The quantitative estimate of drug-likeness (QED) is 0.482. The number of hydrogen-bond donors (Lipinski definition) is 0. The average Bonchev–Trinajstić information content (AvgIpc) is 2.57. The zero-order valence-electron chi connectivity index (χ0n) is 7.53. The van der Waals surface area contributed by atoms with Crippen LogP contribution < -0.4 is 5.46 Å². The Morgan fingerprint density at radius 1 is 0.857 bits per heavy atom. The van der Waals surface area contributed by atoms with E-state index in [4.69, 9.17) is 7.85 Å². The summed E-state index contributed by atoms with van der Waals surface area (Å²) in [6.07, 6.45) is 0. The van der Waals surface area contributed by atoms with Gasteiger partial charge in [0.25, 0.3) is 0 Å². The van der Waals surface area contributed by atoms with E-state index in [-0.39, 0.29) is 0 Å². The van der Waals surface area contributed by atoms with Crippen LogP contribution in [0.25, 0.3) is 20.2 Å². The van der Waals surface area contributed by atoms with E-state index in [1.54, 1.807) is 11.3 Å². The third kappa shape index (κ3) is 1.01. The summed E-state index contributed by atoms with van der Waals surface area (Å²) in [4.78, 5) is 0. The third-order valence-electron chi connectivity index (χ3n) is 2.43. The maximum Gasteiger partial charge on any atom is 0.114 e. The van der Waals surface area contributed by atoms with Crippen LogP contribution in [-0.2, 0) is 0 Å². The topological polar surface area (TPSA) is 0 Å². The molecule has 0 aliphatic carbocycles. The molecule has 0 fully saturated rings. The van der Waals surface area contributed by atoms with E-state index in [1.165, 1.54) is 20.2 Å². The molecule has 1 aromatic heterocycles. The molecule has 14 heavy (non-hydrogen) atoms. The minimum Gasteiger partial charge on any atom is -0.135 e. The Labute approximate surface area is 87.6 Å². The third-order valence-corrected chi connectivity index (χ3v) is 3.57. The predicted molar refractivity (Wildman–Crippen MR) is 64.7 cm³/mol. The van der Waals surface area contributed by atoms with Gasteiger partial charge in [-0.2, -0.15) is 0 Å².